The van der Waals surface area contributed by atoms with Crippen LogP contribution in [0.4, 0.5) is 0 Å². The zero-order valence-corrected chi connectivity index (χ0v) is 15.5. The molecule has 0 saturated heterocycles. The predicted octanol–water partition coefficient (Wildman–Crippen LogP) is 3.51. The maximum Gasteiger partial charge on any atom is 0.145 e. The molecule has 0 N–H and O–H groups in total. The fourth-order valence-electron chi connectivity index (χ4n) is 1.82. The summed E-state index contributed by atoms with van der Waals surface area (Å²) in [5.41, 5.74) is 0. The van der Waals surface area contributed by atoms with Gasteiger partial charge in [0.2, 0.25) is 0 Å². The van der Waals surface area contributed by atoms with Gasteiger partial charge >= 0.3 is 0 Å². The minimum absolute atomic E-state index is 0.0711. The summed E-state index contributed by atoms with van der Waals surface area (Å²) >= 11 is 1.71. The Bertz CT molecular complexity index is 316. The molecule has 0 rings (SSSR count). The summed E-state index contributed by atoms with van der Waals surface area (Å²) in [5.74, 6) is 0.604. The van der Waals surface area contributed by atoms with Crippen LogP contribution < -0.4 is 0 Å². The first-order valence-corrected chi connectivity index (χ1v) is 9.15. The summed E-state index contributed by atoms with van der Waals surface area (Å²) in [5, 5.41) is 0.553. The van der Waals surface area contributed by atoms with Crippen molar-refractivity contribution in [3.8, 4) is 0 Å². The average molecular weight is 333 g/mol. The van der Waals surface area contributed by atoms with Crippen LogP contribution in [0.2, 0.25) is 0 Å². The number of carbonyl (C=O) groups excluding carboxylic acids is 2. The van der Waals surface area contributed by atoms with Gasteiger partial charge in [0, 0.05) is 25.4 Å². The lowest BCUT2D eigenvalue weighted by Crippen LogP contribution is -2.16. The fourth-order valence-corrected chi connectivity index (χ4v) is 2.91. The molecule has 0 spiro atoms. The second kappa shape index (κ2) is 13.1. The summed E-state index contributed by atoms with van der Waals surface area (Å²) in [7, 11) is 0. The van der Waals surface area contributed by atoms with Crippen LogP contribution in [0.1, 0.15) is 53.9 Å². The van der Waals surface area contributed by atoms with Gasteiger partial charge in [0.05, 0.1) is 25.1 Å². The van der Waals surface area contributed by atoms with E-state index in [4.69, 9.17) is 9.47 Å². The average Bonchev–Trinajstić information content (AvgIpc) is 2.43. The van der Waals surface area contributed by atoms with Crippen LogP contribution in [0, 0.1) is 5.92 Å². The summed E-state index contributed by atoms with van der Waals surface area (Å²) in [6.45, 7) is 12.0. The molecule has 0 saturated carbocycles. The van der Waals surface area contributed by atoms with Gasteiger partial charge in [-0.2, -0.15) is 0 Å². The molecular weight excluding hydrogens is 300 g/mol. The Hall–Kier alpha value is -0.390. The Morgan fingerprint density at radius 3 is 1.95 bits per heavy atom. The molecule has 0 aromatic carbocycles. The monoisotopic (exact) mass is 332 g/mol. The lowest BCUT2D eigenvalue weighted by molar-refractivity contribution is -0.123. The van der Waals surface area contributed by atoms with Crippen molar-refractivity contribution < 1.29 is 19.1 Å². The highest BCUT2D eigenvalue weighted by molar-refractivity contribution is 8.01. The van der Waals surface area contributed by atoms with E-state index >= 15 is 0 Å². The molecule has 0 fully saturated rings. The number of ketones is 2. The smallest absolute Gasteiger partial charge is 0.145 e. The Kier molecular flexibility index (Phi) is 12.9. The third-order valence-corrected chi connectivity index (χ3v) is 4.37. The van der Waals surface area contributed by atoms with Crippen LogP contribution in [0.25, 0.3) is 0 Å². The number of thioether (sulfide) groups is 1. The molecule has 1 unspecified atom stereocenters. The first-order chi connectivity index (χ1) is 10.3. The van der Waals surface area contributed by atoms with E-state index in [9.17, 15) is 9.59 Å². The molecule has 0 aromatic rings. The van der Waals surface area contributed by atoms with Gasteiger partial charge in [-0.15, -0.1) is 11.8 Å². The Labute approximate surface area is 139 Å². The summed E-state index contributed by atoms with van der Waals surface area (Å²) in [6.07, 6.45) is 1.80. The van der Waals surface area contributed by atoms with E-state index in [0.29, 0.717) is 50.3 Å². The van der Waals surface area contributed by atoms with Crippen molar-refractivity contribution in [3.05, 3.63) is 0 Å². The van der Waals surface area contributed by atoms with Gasteiger partial charge in [-0.25, -0.2) is 0 Å². The normalized spacial score (nSPS) is 12.9. The highest BCUT2D eigenvalue weighted by Gasteiger charge is 2.14. The third-order valence-electron chi connectivity index (χ3n) is 3.15. The van der Waals surface area contributed by atoms with Crippen molar-refractivity contribution in [3.63, 3.8) is 0 Å². The van der Waals surface area contributed by atoms with Gasteiger partial charge in [-0.1, -0.05) is 27.7 Å². The number of hydrogen-bond acceptors (Lipinski definition) is 5. The van der Waals surface area contributed by atoms with E-state index in [2.05, 4.69) is 13.8 Å². The molecule has 5 heteroatoms. The molecule has 4 nitrogen and oxygen atoms in total. The summed E-state index contributed by atoms with van der Waals surface area (Å²) in [4.78, 5) is 23.2. The van der Waals surface area contributed by atoms with Crippen molar-refractivity contribution in [1.29, 1.82) is 0 Å². The van der Waals surface area contributed by atoms with E-state index in [1.165, 1.54) is 0 Å². The van der Waals surface area contributed by atoms with Crippen LogP contribution in [-0.4, -0.2) is 48.5 Å². The lowest BCUT2D eigenvalue weighted by atomic mass is 10.1. The van der Waals surface area contributed by atoms with E-state index in [0.717, 1.165) is 6.42 Å². The van der Waals surface area contributed by atoms with Crippen LogP contribution in [-0.2, 0) is 19.1 Å². The minimum Gasteiger partial charge on any atom is -0.379 e. The van der Waals surface area contributed by atoms with E-state index < -0.39 is 0 Å². The van der Waals surface area contributed by atoms with Crippen molar-refractivity contribution in [2.24, 2.45) is 5.92 Å². The van der Waals surface area contributed by atoms with Gasteiger partial charge < -0.3 is 9.47 Å². The number of Topliss-reactive ketones (excluding diaryl/α,β-unsaturated/α-hetero) is 2. The van der Waals surface area contributed by atoms with Gasteiger partial charge in [0.15, 0.2) is 0 Å². The molecule has 0 aliphatic rings. The molecule has 1 atom stereocenters. The first-order valence-electron chi connectivity index (χ1n) is 8.21. The minimum atomic E-state index is 0.0711. The number of hydrogen-bond donors (Lipinski definition) is 0. The number of rotatable bonds is 14. The van der Waals surface area contributed by atoms with Gasteiger partial charge in [0.25, 0.3) is 0 Å². The van der Waals surface area contributed by atoms with Crippen molar-refractivity contribution in [1.82, 2.24) is 0 Å². The van der Waals surface area contributed by atoms with Crippen molar-refractivity contribution in [2.45, 2.75) is 64.4 Å². The molecule has 0 heterocycles. The quantitative estimate of drug-likeness (QED) is 0.456. The highest BCUT2D eigenvalue weighted by atomic mass is 32.2. The Morgan fingerprint density at radius 2 is 1.41 bits per heavy atom. The zero-order valence-electron chi connectivity index (χ0n) is 14.7. The second-order valence-electron chi connectivity index (χ2n) is 5.99. The van der Waals surface area contributed by atoms with Crippen LogP contribution in [0.3, 0.4) is 0 Å². The first kappa shape index (κ1) is 21.6. The van der Waals surface area contributed by atoms with E-state index in [-0.39, 0.29) is 17.0 Å². The van der Waals surface area contributed by atoms with Crippen LogP contribution >= 0.6 is 11.8 Å². The molecular formula is C17H32O4S. The Morgan fingerprint density at radius 1 is 0.818 bits per heavy atom. The molecule has 0 aliphatic carbocycles. The van der Waals surface area contributed by atoms with E-state index in [1.54, 1.807) is 11.8 Å². The highest BCUT2D eigenvalue weighted by Crippen LogP contribution is 2.18. The largest absolute Gasteiger partial charge is 0.379 e. The molecule has 0 aliphatic heterocycles. The predicted molar refractivity (Wildman–Crippen MR) is 92.5 cm³/mol. The van der Waals surface area contributed by atoms with Crippen molar-refractivity contribution >= 4 is 23.3 Å². The lowest BCUT2D eigenvalue weighted by Gasteiger charge is -2.12. The standard InChI is InChI=1S/C17H32O4S/c1-13(2)16(18)8-10-21-12-11-20-9-6-7-17(19)15(5)22-14(3)4/h13-15H,6-12H2,1-5H3. The number of ether oxygens (including phenoxy) is 2. The van der Waals surface area contributed by atoms with Crippen molar-refractivity contribution in [2.75, 3.05) is 26.4 Å². The summed E-state index contributed by atoms with van der Waals surface area (Å²) < 4.78 is 10.8. The Balaban J connectivity index is 3.40. The molecule has 0 radical (unpaired) electrons. The molecule has 130 valence electrons. The molecule has 22 heavy (non-hydrogen) atoms. The number of carbonyl (C=O) groups is 2. The molecule has 0 aromatic heterocycles. The van der Waals surface area contributed by atoms with Crippen LogP contribution in [0.5, 0.6) is 0 Å². The van der Waals surface area contributed by atoms with E-state index in [1.807, 2.05) is 20.8 Å². The zero-order chi connectivity index (χ0) is 17.0. The van der Waals surface area contributed by atoms with Gasteiger partial charge in [0.1, 0.15) is 11.6 Å². The van der Waals surface area contributed by atoms with Gasteiger partial charge in [-0.05, 0) is 18.6 Å². The molecule has 0 bridgehead atoms. The second-order valence-corrected chi connectivity index (χ2v) is 7.91. The van der Waals surface area contributed by atoms with Gasteiger partial charge in [-0.3, -0.25) is 9.59 Å². The van der Waals surface area contributed by atoms with Crippen LogP contribution in [0.15, 0.2) is 0 Å². The summed E-state index contributed by atoms with van der Waals surface area (Å²) in [6, 6.07) is 0. The maximum atomic E-state index is 11.8. The SMILES string of the molecule is CC(C)SC(C)C(=O)CCCOCCOCCC(=O)C(C)C. The fraction of sp³-hybridized carbons (Fsp3) is 0.882. The topological polar surface area (TPSA) is 52.6 Å². The molecule has 0 amide bonds. The third kappa shape index (κ3) is 12.2. The maximum absolute atomic E-state index is 11.8.